The van der Waals surface area contributed by atoms with Crippen LogP contribution < -0.4 is 10.2 Å². The zero-order chi connectivity index (χ0) is 17.4. The summed E-state index contributed by atoms with van der Waals surface area (Å²) in [5.74, 6) is -0.105. The SMILES string of the molecule is O=C(Nc1ccccc1N1CCCC1=O)c1cc2cc(Cl)ccc2o1. The van der Waals surface area contributed by atoms with Gasteiger partial charge in [0.1, 0.15) is 5.58 Å². The lowest BCUT2D eigenvalue weighted by Crippen LogP contribution is -2.25. The minimum absolute atomic E-state index is 0.0695. The Morgan fingerprint density at radius 2 is 2.00 bits per heavy atom. The number of nitrogens with zero attached hydrogens (tertiary/aromatic N) is 1. The van der Waals surface area contributed by atoms with Gasteiger partial charge in [-0.05, 0) is 42.8 Å². The van der Waals surface area contributed by atoms with Gasteiger partial charge in [0.05, 0.1) is 11.4 Å². The van der Waals surface area contributed by atoms with Crippen LogP contribution in [0.2, 0.25) is 5.02 Å². The van der Waals surface area contributed by atoms with Crippen molar-refractivity contribution in [2.24, 2.45) is 0 Å². The summed E-state index contributed by atoms with van der Waals surface area (Å²) in [6.07, 6.45) is 1.36. The molecule has 25 heavy (non-hydrogen) atoms. The number of benzene rings is 2. The molecule has 0 radical (unpaired) electrons. The number of anilines is 2. The fourth-order valence-electron chi connectivity index (χ4n) is 3.03. The van der Waals surface area contributed by atoms with E-state index in [1.807, 2.05) is 18.2 Å². The van der Waals surface area contributed by atoms with Gasteiger partial charge in [-0.2, -0.15) is 0 Å². The van der Waals surface area contributed by atoms with E-state index in [9.17, 15) is 9.59 Å². The standard InChI is InChI=1S/C19H15ClN2O3/c20-13-7-8-16-12(10-13)11-17(25-16)19(24)21-14-4-1-2-5-15(14)22-9-3-6-18(22)23/h1-2,4-5,7-8,10-11H,3,6,9H2,(H,21,24). The molecule has 1 aromatic heterocycles. The average molecular weight is 355 g/mol. The molecule has 0 aliphatic carbocycles. The molecule has 4 rings (SSSR count). The van der Waals surface area contributed by atoms with Gasteiger partial charge in [0.2, 0.25) is 5.91 Å². The first-order chi connectivity index (χ1) is 12.1. The maximum Gasteiger partial charge on any atom is 0.291 e. The summed E-state index contributed by atoms with van der Waals surface area (Å²) in [6, 6.07) is 14.1. The first kappa shape index (κ1) is 15.7. The van der Waals surface area contributed by atoms with Crippen LogP contribution in [0.5, 0.6) is 0 Å². The number of carbonyl (C=O) groups excluding carboxylic acids is 2. The Balaban J connectivity index is 1.63. The molecule has 3 aromatic rings. The predicted octanol–water partition coefficient (Wildman–Crippen LogP) is 4.47. The van der Waals surface area contributed by atoms with Crippen LogP contribution in [-0.4, -0.2) is 18.4 Å². The Kier molecular flexibility index (Phi) is 3.93. The summed E-state index contributed by atoms with van der Waals surface area (Å²) in [5, 5.41) is 4.19. The molecule has 6 heteroatoms. The van der Waals surface area contributed by atoms with E-state index in [-0.39, 0.29) is 17.6 Å². The fourth-order valence-corrected chi connectivity index (χ4v) is 3.21. The van der Waals surface area contributed by atoms with Gasteiger partial charge in [0.25, 0.3) is 5.91 Å². The molecule has 2 amide bonds. The van der Waals surface area contributed by atoms with Crippen molar-refractivity contribution >= 4 is 45.8 Å². The average Bonchev–Trinajstić information content (AvgIpc) is 3.21. The molecule has 0 bridgehead atoms. The number of rotatable bonds is 3. The van der Waals surface area contributed by atoms with Gasteiger partial charge >= 0.3 is 0 Å². The largest absolute Gasteiger partial charge is 0.451 e. The molecule has 0 saturated carbocycles. The third-order valence-corrected chi connectivity index (χ3v) is 4.45. The number of hydrogen-bond acceptors (Lipinski definition) is 3. The number of carbonyl (C=O) groups is 2. The highest BCUT2D eigenvalue weighted by Gasteiger charge is 2.24. The quantitative estimate of drug-likeness (QED) is 0.755. The predicted molar refractivity (Wildman–Crippen MR) is 97.2 cm³/mol. The maximum atomic E-state index is 12.6. The molecule has 1 fully saturated rings. The summed E-state index contributed by atoms with van der Waals surface area (Å²) in [6.45, 7) is 0.662. The number of amides is 2. The lowest BCUT2D eigenvalue weighted by Gasteiger charge is -2.19. The van der Waals surface area contributed by atoms with Crippen LogP contribution in [0.25, 0.3) is 11.0 Å². The van der Waals surface area contributed by atoms with Crippen LogP contribution in [0.1, 0.15) is 23.4 Å². The van der Waals surface area contributed by atoms with Gasteiger partial charge in [-0.3, -0.25) is 9.59 Å². The number of para-hydroxylation sites is 2. The Bertz CT molecular complexity index is 980. The third-order valence-electron chi connectivity index (χ3n) is 4.22. The number of hydrogen-bond donors (Lipinski definition) is 1. The zero-order valence-corrected chi connectivity index (χ0v) is 14.0. The summed E-state index contributed by atoms with van der Waals surface area (Å²) in [4.78, 5) is 26.3. The maximum absolute atomic E-state index is 12.6. The molecule has 1 N–H and O–H groups in total. The molecule has 1 aliphatic rings. The topological polar surface area (TPSA) is 62.6 Å². The third kappa shape index (κ3) is 2.98. The van der Waals surface area contributed by atoms with E-state index in [1.54, 1.807) is 35.2 Å². The minimum Gasteiger partial charge on any atom is -0.451 e. The number of fused-ring (bicyclic) bond motifs is 1. The van der Waals surface area contributed by atoms with Crippen molar-refractivity contribution in [3.05, 3.63) is 59.3 Å². The van der Waals surface area contributed by atoms with E-state index in [4.69, 9.17) is 16.0 Å². The molecule has 0 unspecified atom stereocenters. The van der Waals surface area contributed by atoms with Crippen molar-refractivity contribution in [2.75, 3.05) is 16.8 Å². The molecule has 1 saturated heterocycles. The van der Waals surface area contributed by atoms with E-state index in [0.29, 0.717) is 34.9 Å². The van der Waals surface area contributed by atoms with Crippen molar-refractivity contribution in [1.82, 2.24) is 0 Å². The molecule has 1 aliphatic heterocycles. The number of nitrogens with one attached hydrogen (secondary N) is 1. The molecule has 2 aromatic carbocycles. The van der Waals surface area contributed by atoms with E-state index in [0.717, 1.165) is 11.8 Å². The van der Waals surface area contributed by atoms with Gasteiger partial charge in [0.15, 0.2) is 5.76 Å². The van der Waals surface area contributed by atoms with Gasteiger partial charge in [-0.25, -0.2) is 0 Å². The van der Waals surface area contributed by atoms with Crippen LogP contribution in [0.3, 0.4) is 0 Å². The number of halogens is 1. The first-order valence-electron chi connectivity index (χ1n) is 8.02. The minimum atomic E-state index is -0.369. The van der Waals surface area contributed by atoms with Crippen molar-refractivity contribution in [3.8, 4) is 0 Å². The molecule has 0 spiro atoms. The number of furan rings is 1. The monoisotopic (exact) mass is 354 g/mol. The highest BCUT2D eigenvalue weighted by atomic mass is 35.5. The molecule has 0 atom stereocenters. The van der Waals surface area contributed by atoms with E-state index in [1.165, 1.54) is 0 Å². The summed E-state index contributed by atoms with van der Waals surface area (Å²) in [5.41, 5.74) is 1.89. The van der Waals surface area contributed by atoms with Gasteiger partial charge in [-0.1, -0.05) is 23.7 Å². The van der Waals surface area contributed by atoms with Crippen LogP contribution in [-0.2, 0) is 4.79 Å². The zero-order valence-electron chi connectivity index (χ0n) is 13.3. The highest BCUT2D eigenvalue weighted by Crippen LogP contribution is 2.30. The second kappa shape index (κ2) is 6.26. The van der Waals surface area contributed by atoms with Gasteiger partial charge in [-0.15, -0.1) is 0 Å². The Labute approximate surface area is 149 Å². The molecule has 2 heterocycles. The lowest BCUT2D eigenvalue weighted by molar-refractivity contribution is -0.117. The summed E-state index contributed by atoms with van der Waals surface area (Å²) in [7, 11) is 0. The van der Waals surface area contributed by atoms with Gasteiger partial charge in [0, 0.05) is 23.4 Å². The van der Waals surface area contributed by atoms with Crippen LogP contribution in [0, 0.1) is 0 Å². The molecule has 126 valence electrons. The van der Waals surface area contributed by atoms with Crippen LogP contribution in [0.15, 0.2) is 52.9 Å². The molecular formula is C19H15ClN2O3. The van der Waals surface area contributed by atoms with Crippen molar-refractivity contribution in [1.29, 1.82) is 0 Å². The fraction of sp³-hybridized carbons (Fsp3) is 0.158. The second-order valence-corrected chi connectivity index (χ2v) is 6.35. The smallest absolute Gasteiger partial charge is 0.291 e. The van der Waals surface area contributed by atoms with Crippen molar-refractivity contribution in [3.63, 3.8) is 0 Å². The summed E-state index contributed by atoms with van der Waals surface area (Å²) >= 11 is 5.96. The molecular weight excluding hydrogens is 340 g/mol. The van der Waals surface area contributed by atoms with Gasteiger partial charge < -0.3 is 14.6 Å². The Morgan fingerprint density at radius 3 is 2.80 bits per heavy atom. The van der Waals surface area contributed by atoms with Crippen LogP contribution in [0.4, 0.5) is 11.4 Å². The van der Waals surface area contributed by atoms with Crippen molar-refractivity contribution < 1.29 is 14.0 Å². The Morgan fingerprint density at radius 1 is 1.16 bits per heavy atom. The lowest BCUT2D eigenvalue weighted by atomic mass is 10.2. The van der Waals surface area contributed by atoms with E-state index in [2.05, 4.69) is 5.32 Å². The second-order valence-electron chi connectivity index (χ2n) is 5.91. The highest BCUT2D eigenvalue weighted by molar-refractivity contribution is 6.31. The van der Waals surface area contributed by atoms with Crippen LogP contribution >= 0.6 is 11.6 Å². The first-order valence-corrected chi connectivity index (χ1v) is 8.39. The normalized spacial score (nSPS) is 14.3. The molecule has 5 nitrogen and oxygen atoms in total. The Hall–Kier alpha value is -2.79. The summed E-state index contributed by atoms with van der Waals surface area (Å²) < 4.78 is 5.59. The van der Waals surface area contributed by atoms with Crippen molar-refractivity contribution in [2.45, 2.75) is 12.8 Å². The van der Waals surface area contributed by atoms with E-state index < -0.39 is 0 Å². The van der Waals surface area contributed by atoms with E-state index >= 15 is 0 Å².